The van der Waals surface area contributed by atoms with Crippen molar-refractivity contribution in [2.45, 2.75) is 25.8 Å². The van der Waals surface area contributed by atoms with Crippen LogP contribution in [0.25, 0.3) is 0 Å². The monoisotopic (exact) mass is 202 g/mol. The van der Waals surface area contributed by atoms with Gasteiger partial charge in [-0.3, -0.25) is 4.90 Å². The first-order chi connectivity index (χ1) is 6.38. The molecule has 3 heteroatoms. The first kappa shape index (κ1) is 11.3. The van der Waals surface area contributed by atoms with Gasteiger partial charge in [-0.2, -0.15) is 11.8 Å². The van der Waals surface area contributed by atoms with Gasteiger partial charge >= 0.3 is 0 Å². The minimum absolute atomic E-state index is 0.801. The first-order valence-electron chi connectivity index (χ1n) is 5.32. The molecule has 1 rings (SSSR count). The minimum Gasteiger partial charge on any atom is -0.315 e. The average molecular weight is 202 g/mol. The lowest BCUT2D eigenvalue weighted by Crippen LogP contribution is -2.39. The molecule has 0 radical (unpaired) electrons. The lowest BCUT2D eigenvalue weighted by atomic mass is 10.2. The van der Waals surface area contributed by atoms with Crippen LogP contribution in [0.15, 0.2) is 0 Å². The molecule has 0 saturated carbocycles. The minimum atomic E-state index is 0.801. The van der Waals surface area contributed by atoms with Crippen LogP contribution in [0.1, 0.15) is 19.8 Å². The normalized spacial score (nSPS) is 22.6. The van der Waals surface area contributed by atoms with Gasteiger partial charge in [0.1, 0.15) is 0 Å². The molecule has 1 unspecified atom stereocenters. The number of thioether (sulfide) groups is 1. The highest BCUT2D eigenvalue weighted by molar-refractivity contribution is 7.98. The molecule has 0 aliphatic carbocycles. The molecule has 1 saturated heterocycles. The second kappa shape index (κ2) is 6.68. The maximum absolute atomic E-state index is 3.45. The van der Waals surface area contributed by atoms with E-state index in [1.165, 1.54) is 44.8 Å². The summed E-state index contributed by atoms with van der Waals surface area (Å²) in [4.78, 5) is 2.65. The Morgan fingerprint density at radius 3 is 2.92 bits per heavy atom. The predicted molar refractivity (Wildman–Crippen MR) is 61.5 cm³/mol. The van der Waals surface area contributed by atoms with Crippen LogP contribution in [0.3, 0.4) is 0 Å². The van der Waals surface area contributed by atoms with E-state index in [-0.39, 0.29) is 0 Å². The lowest BCUT2D eigenvalue weighted by Gasteiger charge is -2.28. The third-order valence-corrected chi connectivity index (χ3v) is 3.44. The largest absolute Gasteiger partial charge is 0.315 e. The Labute approximate surface area is 86.5 Å². The van der Waals surface area contributed by atoms with Gasteiger partial charge < -0.3 is 5.32 Å². The molecule has 0 amide bonds. The molecule has 78 valence electrons. The predicted octanol–water partition coefficient (Wildman–Crippen LogP) is 1.42. The second-order valence-corrected chi connectivity index (χ2v) is 4.57. The Morgan fingerprint density at radius 1 is 1.38 bits per heavy atom. The number of rotatable bonds is 4. The van der Waals surface area contributed by atoms with Crippen molar-refractivity contribution < 1.29 is 0 Å². The van der Waals surface area contributed by atoms with Crippen molar-refractivity contribution in [3.8, 4) is 0 Å². The summed E-state index contributed by atoms with van der Waals surface area (Å²) in [7, 11) is 0. The van der Waals surface area contributed by atoms with Gasteiger partial charge in [0.05, 0.1) is 0 Å². The van der Waals surface area contributed by atoms with Gasteiger partial charge in [0.2, 0.25) is 0 Å². The summed E-state index contributed by atoms with van der Waals surface area (Å²) in [5, 5.41) is 3.45. The van der Waals surface area contributed by atoms with E-state index in [1.807, 2.05) is 11.8 Å². The van der Waals surface area contributed by atoms with Gasteiger partial charge in [-0.05, 0) is 32.2 Å². The van der Waals surface area contributed by atoms with E-state index in [0.717, 1.165) is 6.04 Å². The van der Waals surface area contributed by atoms with Crippen LogP contribution in [-0.2, 0) is 0 Å². The molecule has 0 bridgehead atoms. The van der Waals surface area contributed by atoms with Crippen molar-refractivity contribution in [1.82, 2.24) is 10.2 Å². The number of hydrogen-bond donors (Lipinski definition) is 1. The molecule has 1 atom stereocenters. The fourth-order valence-electron chi connectivity index (χ4n) is 1.91. The number of nitrogens with zero attached hydrogens (tertiary/aromatic N) is 1. The molecule has 0 aromatic heterocycles. The highest BCUT2D eigenvalue weighted by atomic mass is 32.2. The zero-order chi connectivity index (χ0) is 9.52. The van der Waals surface area contributed by atoms with Gasteiger partial charge in [0.25, 0.3) is 0 Å². The second-order valence-electron chi connectivity index (χ2n) is 3.66. The van der Waals surface area contributed by atoms with Gasteiger partial charge in [0.15, 0.2) is 0 Å². The van der Waals surface area contributed by atoms with Crippen LogP contribution < -0.4 is 5.32 Å². The fourth-order valence-corrected chi connectivity index (χ4v) is 2.74. The highest BCUT2D eigenvalue weighted by Gasteiger charge is 2.16. The van der Waals surface area contributed by atoms with Gasteiger partial charge in [-0.15, -0.1) is 0 Å². The Kier molecular flexibility index (Phi) is 5.83. The molecule has 1 fully saturated rings. The Hall–Kier alpha value is 0.270. The fraction of sp³-hybridized carbons (Fsp3) is 1.00. The van der Waals surface area contributed by atoms with Crippen molar-refractivity contribution in [1.29, 1.82) is 0 Å². The molecule has 13 heavy (non-hydrogen) atoms. The van der Waals surface area contributed by atoms with E-state index in [0.29, 0.717) is 0 Å². The van der Waals surface area contributed by atoms with E-state index < -0.39 is 0 Å². The van der Waals surface area contributed by atoms with Crippen molar-refractivity contribution in [3.63, 3.8) is 0 Å². The summed E-state index contributed by atoms with van der Waals surface area (Å²) < 4.78 is 0. The molecule has 0 aromatic rings. The summed E-state index contributed by atoms with van der Waals surface area (Å²) in [6.45, 7) is 7.20. The molecule has 1 N–H and O–H groups in total. The van der Waals surface area contributed by atoms with E-state index in [9.17, 15) is 0 Å². The van der Waals surface area contributed by atoms with Gasteiger partial charge in [0, 0.05) is 24.9 Å². The summed E-state index contributed by atoms with van der Waals surface area (Å²) in [6, 6.07) is 0.801. The Bertz CT molecular complexity index is 122. The van der Waals surface area contributed by atoms with Crippen LogP contribution in [0.2, 0.25) is 0 Å². The molecule has 0 spiro atoms. The number of nitrogens with one attached hydrogen (secondary N) is 1. The van der Waals surface area contributed by atoms with Crippen molar-refractivity contribution in [2.24, 2.45) is 0 Å². The third-order valence-electron chi connectivity index (χ3n) is 2.72. The van der Waals surface area contributed by atoms with Crippen molar-refractivity contribution in [2.75, 3.05) is 38.2 Å². The maximum atomic E-state index is 3.45. The SMILES string of the molecule is CCC(CSC)N1CCCNCC1. The summed E-state index contributed by atoms with van der Waals surface area (Å²) in [5.41, 5.74) is 0. The van der Waals surface area contributed by atoms with Crippen LogP contribution in [-0.4, -0.2) is 49.1 Å². The smallest absolute Gasteiger partial charge is 0.0184 e. The molecule has 1 heterocycles. The molecule has 2 nitrogen and oxygen atoms in total. The molecular formula is C10H22N2S. The topological polar surface area (TPSA) is 15.3 Å². The Morgan fingerprint density at radius 2 is 2.23 bits per heavy atom. The quantitative estimate of drug-likeness (QED) is 0.742. The summed E-state index contributed by atoms with van der Waals surface area (Å²) in [5.74, 6) is 1.29. The van der Waals surface area contributed by atoms with E-state index in [1.54, 1.807) is 0 Å². The summed E-state index contributed by atoms with van der Waals surface area (Å²) in [6.07, 6.45) is 4.81. The highest BCUT2D eigenvalue weighted by Crippen LogP contribution is 2.11. The average Bonchev–Trinajstić information content (AvgIpc) is 2.42. The van der Waals surface area contributed by atoms with E-state index in [2.05, 4.69) is 23.4 Å². The third kappa shape index (κ3) is 3.88. The first-order valence-corrected chi connectivity index (χ1v) is 6.71. The van der Waals surface area contributed by atoms with Gasteiger partial charge in [-0.25, -0.2) is 0 Å². The zero-order valence-corrected chi connectivity index (χ0v) is 9.70. The van der Waals surface area contributed by atoms with Crippen molar-refractivity contribution in [3.05, 3.63) is 0 Å². The maximum Gasteiger partial charge on any atom is 0.0184 e. The van der Waals surface area contributed by atoms with Crippen molar-refractivity contribution >= 4 is 11.8 Å². The molecule has 0 aromatic carbocycles. The standard InChI is InChI=1S/C10H22N2S/c1-3-10(9-13-2)12-7-4-5-11-6-8-12/h10-11H,3-9H2,1-2H3. The molecular weight excluding hydrogens is 180 g/mol. The van der Waals surface area contributed by atoms with Crippen LogP contribution in [0.4, 0.5) is 0 Å². The molecule has 1 aliphatic rings. The Balaban J connectivity index is 2.35. The molecule has 1 aliphatic heterocycles. The van der Waals surface area contributed by atoms with Crippen LogP contribution >= 0.6 is 11.8 Å². The number of hydrogen-bond acceptors (Lipinski definition) is 3. The zero-order valence-electron chi connectivity index (χ0n) is 8.88. The van der Waals surface area contributed by atoms with E-state index in [4.69, 9.17) is 0 Å². The van der Waals surface area contributed by atoms with E-state index >= 15 is 0 Å². The van der Waals surface area contributed by atoms with Crippen LogP contribution in [0, 0.1) is 0 Å². The van der Waals surface area contributed by atoms with Gasteiger partial charge in [-0.1, -0.05) is 6.92 Å². The lowest BCUT2D eigenvalue weighted by molar-refractivity contribution is 0.221. The van der Waals surface area contributed by atoms with Crippen LogP contribution in [0.5, 0.6) is 0 Å². The summed E-state index contributed by atoms with van der Waals surface area (Å²) >= 11 is 1.97.